The van der Waals surface area contributed by atoms with E-state index in [1.54, 1.807) is 12.1 Å². The average Bonchev–Trinajstić information content (AvgIpc) is 2.61. The summed E-state index contributed by atoms with van der Waals surface area (Å²) in [5.41, 5.74) is 0.518. The van der Waals surface area contributed by atoms with Crippen molar-refractivity contribution in [1.82, 2.24) is 5.32 Å². The average molecular weight is 353 g/mol. The molecule has 0 saturated heterocycles. The molecule has 0 saturated carbocycles. The van der Waals surface area contributed by atoms with Crippen molar-refractivity contribution in [3.63, 3.8) is 0 Å². The van der Waals surface area contributed by atoms with Crippen LogP contribution in [0.1, 0.15) is 45.0 Å². The maximum atomic E-state index is 12.5. The first-order valence-corrected chi connectivity index (χ1v) is 9.29. The van der Waals surface area contributed by atoms with E-state index in [0.29, 0.717) is 49.2 Å². The van der Waals surface area contributed by atoms with Crippen LogP contribution in [-0.4, -0.2) is 51.9 Å². The molecule has 0 bridgehead atoms. The first-order chi connectivity index (χ1) is 12.1. The monoisotopic (exact) mass is 353 g/mol. The first kappa shape index (κ1) is 21.1. The number of hydrogen-bond acceptors (Lipinski definition) is 4. The van der Waals surface area contributed by atoms with Crippen LogP contribution in [0.15, 0.2) is 12.1 Å². The topological polar surface area (TPSA) is 61.2 Å². The van der Waals surface area contributed by atoms with Gasteiger partial charge in [0.15, 0.2) is 11.5 Å². The summed E-state index contributed by atoms with van der Waals surface area (Å²) in [4.78, 5) is 14.0. The van der Waals surface area contributed by atoms with E-state index >= 15 is 0 Å². The van der Waals surface area contributed by atoms with E-state index in [1.807, 2.05) is 20.8 Å². The Labute approximate surface area is 151 Å². The zero-order valence-corrected chi connectivity index (χ0v) is 16.2. The van der Waals surface area contributed by atoms with Gasteiger partial charge in [0.1, 0.15) is 0 Å². The molecular weight excluding hydrogens is 320 g/mol. The molecule has 1 rings (SSSR count). The van der Waals surface area contributed by atoms with E-state index in [1.165, 1.54) is 4.90 Å². The van der Waals surface area contributed by atoms with Crippen molar-refractivity contribution in [3.05, 3.63) is 17.7 Å². The second-order valence-electron chi connectivity index (χ2n) is 5.56. The number of benzene rings is 1. The lowest BCUT2D eigenvalue weighted by atomic mass is 10.1. The second-order valence-corrected chi connectivity index (χ2v) is 5.56. The Bertz CT molecular complexity index is 503. The molecule has 0 aliphatic rings. The van der Waals surface area contributed by atoms with Crippen LogP contribution in [0.2, 0.25) is 0 Å². The molecule has 0 aliphatic heterocycles. The highest BCUT2D eigenvalue weighted by Gasteiger charge is 2.18. The first-order valence-electron chi connectivity index (χ1n) is 9.29. The van der Waals surface area contributed by atoms with E-state index in [4.69, 9.17) is 14.2 Å². The fourth-order valence-electron chi connectivity index (χ4n) is 2.58. The quantitative estimate of drug-likeness (QED) is 0.598. The molecule has 0 unspecified atom stereocenters. The normalized spacial score (nSPS) is 10.6. The Morgan fingerprint density at radius 3 is 1.88 bits per heavy atom. The molecule has 0 aromatic heterocycles. The molecule has 0 spiro atoms. The molecule has 1 aromatic carbocycles. The third-order valence-corrected chi connectivity index (χ3v) is 3.94. The van der Waals surface area contributed by atoms with E-state index < -0.39 is 0 Å². The van der Waals surface area contributed by atoms with Crippen LogP contribution >= 0.6 is 0 Å². The van der Waals surface area contributed by atoms with E-state index in [9.17, 15) is 4.79 Å². The van der Waals surface area contributed by atoms with Crippen molar-refractivity contribution in [3.8, 4) is 17.2 Å². The molecule has 1 aromatic rings. The van der Waals surface area contributed by atoms with Gasteiger partial charge in [-0.05, 0) is 46.8 Å². The summed E-state index contributed by atoms with van der Waals surface area (Å²) in [6, 6.07) is 3.44. The fourth-order valence-corrected chi connectivity index (χ4v) is 2.58. The van der Waals surface area contributed by atoms with Gasteiger partial charge in [-0.25, -0.2) is 0 Å². The zero-order valence-electron chi connectivity index (χ0n) is 16.2. The Morgan fingerprint density at radius 1 is 0.920 bits per heavy atom. The molecule has 0 aliphatic carbocycles. The Morgan fingerprint density at radius 2 is 1.44 bits per heavy atom. The summed E-state index contributed by atoms with van der Waals surface area (Å²) in [5, 5.41) is 2.98. The van der Waals surface area contributed by atoms with Gasteiger partial charge in [-0.1, -0.05) is 0 Å². The molecule has 6 nitrogen and oxygen atoms in total. The number of likely N-dealkylation sites (N-methyl/N-ethyl adjacent to an activating group) is 1. The fraction of sp³-hybridized carbons (Fsp3) is 0.632. The Kier molecular flexibility index (Phi) is 9.77. The predicted octanol–water partition coefficient (Wildman–Crippen LogP) is 1.54. The molecule has 0 heterocycles. The summed E-state index contributed by atoms with van der Waals surface area (Å²) in [5.74, 6) is 1.50. The highest BCUT2D eigenvalue weighted by molar-refractivity contribution is 5.95. The van der Waals surface area contributed by atoms with E-state index in [2.05, 4.69) is 19.2 Å². The van der Waals surface area contributed by atoms with Crippen molar-refractivity contribution in [1.29, 1.82) is 0 Å². The zero-order chi connectivity index (χ0) is 18.7. The molecule has 25 heavy (non-hydrogen) atoms. The summed E-state index contributed by atoms with van der Waals surface area (Å²) in [7, 11) is 0. The summed E-state index contributed by atoms with van der Waals surface area (Å²) in [6.45, 7) is 15.1. The van der Waals surface area contributed by atoms with Gasteiger partial charge in [0.05, 0.1) is 46.0 Å². The number of ether oxygens (including phenoxy) is 3. The largest absolute Gasteiger partial charge is 0.490 e. The maximum Gasteiger partial charge on any atom is 0.251 e. The lowest BCUT2D eigenvalue weighted by Gasteiger charge is -2.18. The number of carbonyl (C=O) groups excluding carboxylic acids is 1. The molecular formula is C19H33N2O4+. The van der Waals surface area contributed by atoms with Crippen molar-refractivity contribution in [2.24, 2.45) is 0 Å². The Balaban J connectivity index is 2.95. The number of nitrogens with one attached hydrogen (secondary N) is 2. The lowest BCUT2D eigenvalue weighted by Crippen LogP contribution is -3.12. The lowest BCUT2D eigenvalue weighted by molar-refractivity contribution is -0.895. The highest BCUT2D eigenvalue weighted by atomic mass is 16.5. The van der Waals surface area contributed by atoms with E-state index in [-0.39, 0.29) is 5.91 Å². The number of rotatable bonds is 12. The molecule has 1 amide bonds. The van der Waals surface area contributed by atoms with Crippen LogP contribution in [0.5, 0.6) is 17.2 Å². The predicted molar refractivity (Wildman–Crippen MR) is 99.2 cm³/mol. The van der Waals surface area contributed by atoms with Crippen LogP contribution in [-0.2, 0) is 0 Å². The van der Waals surface area contributed by atoms with Gasteiger partial charge in [-0.2, -0.15) is 0 Å². The van der Waals surface area contributed by atoms with Crippen LogP contribution in [0.4, 0.5) is 0 Å². The van der Waals surface area contributed by atoms with Gasteiger partial charge in [-0.3, -0.25) is 4.79 Å². The van der Waals surface area contributed by atoms with Crippen molar-refractivity contribution in [2.75, 3.05) is 46.0 Å². The van der Waals surface area contributed by atoms with Gasteiger partial charge in [-0.15, -0.1) is 0 Å². The smallest absolute Gasteiger partial charge is 0.251 e. The minimum absolute atomic E-state index is 0.128. The SMILES string of the molecule is CCOc1cc(C(=O)NCC[NH+](CC)CC)cc(OCC)c1OCC. The molecule has 6 heteroatoms. The van der Waals surface area contributed by atoms with Gasteiger partial charge in [0, 0.05) is 5.56 Å². The molecule has 0 radical (unpaired) electrons. The van der Waals surface area contributed by atoms with Crippen molar-refractivity contribution < 1.29 is 23.9 Å². The van der Waals surface area contributed by atoms with Gasteiger partial charge >= 0.3 is 0 Å². The van der Waals surface area contributed by atoms with Crippen LogP contribution in [0.25, 0.3) is 0 Å². The highest BCUT2D eigenvalue weighted by Crippen LogP contribution is 2.39. The third kappa shape index (κ3) is 6.46. The second kappa shape index (κ2) is 11.6. The maximum absolute atomic E-state index is 12.5. The van der Waals surface area contributed by atoms with Gasteiger partial charge < -0.3 is 24.4 Å². The third-order valence-electron chi connectivity index (χ3n) is 3.94. The number of quaternary nitrogens is 1. The van der Waals surface area contributed by atoms with Gasteiger partial charge in [0.2, 0.25) is 5.75 Å². The Hall–Kier alpha value is -1.95. The number of hydrogen-bond donors (Lipinski definition) is 2. The summed E-state index contributed by atoms with van der Waals surface area (Å²) < 4.78 is 17.0. The number of carbonyl (C=O) groups is 1. The minimum atomic E-state index is -0.128. The summed E-state index contributed by atoms with van der Waals surface area (Å²) >= 11 is 0. The van der Waals surface area contributed by atoms with Crippen molar-refractivity contribution >= 4 is 5.91 Å². The molecule has 2 N–H and O–H groups in total. The van der Waals surface area contributed by atoms with E-state index in [0.717, 1.165) is 19.6 Å². The molecule has 142 valence electrons. The van der Waals surface area contributed by atoms with Gasteiger partial charge in [0.25, 0.3) is 5.91 Å². The standard InChI is InChI=1S/C19H32N2O4/c1-6-21(7-2)12-11-20-19(22)15-13-16(23-8-3)18(25-10-5)17(14-15)24-9-4/h13-14H,6-12H2,1-5H3,(H,20,22)/p+1. The van der Waals surface area contributed by atoms with Crippen LogP contribution in [0.3, 0.4) is 0 Å². The van der Waals surface area contributed by atoms with Crippen LogP contribution in [0, 0.1) is 0 Å². The molecule has 0 fully saturated rings. The number of amides is 1. The summed E-state index contributed by atoms with van der Waals surface area (Å²) in [6.07, 6.45) is 0. The van der Waals surface area contributed by atoms with Crippen molar-refractivity contribution in [2.45, 2.75) is 34.6 Å². The van der Waals surface area contributed by atoms with Crippen LogP contribution < -0.4 is 24.4 Å². The molecule has 0 atom stereocenters. The minimum Gasteiger partial charge on any atom is -0.490 e.